The summed E-state index contributed by atoms with van der Waals surface area (Å²) >= 11 is 0. The van der Waals surface area contributed by atoms with E-state index in [1.807, 2.05) is 31.2 Å². The van der Waals surface area contributed by atoms with Gasteiger partial charge in [0.05, 0.1) is 12.8 Å². The Morgan fingerprint density at radius 1 is 1.39 bits per heavy atom. The molecule has 5 heteroatoms. The number of benzene rings is 1. The molecule has 1 aromatic rings. The number of methoxy groups -OCH3 is 1. The Hall–Kier alpha value is -2.30. The highest BCUT2D eigenvalue weighted by atomic mass is 16.5. The minimum atomic E-state index is 0.546. The van der Waals surface area contributed by atoms with E-state index in [4.69, 9.17) is 10.5 Å². The van der Waals surface area contributed by atoms with Crippen molar-refractivity contribution in [1.82, 2.24) is 5.32 Å². The van der Waals surface area contributed by atoms with Gasteiger partial charge in [-0.1, -0.05) is 6.07 Å². The first-order chi connectivity index (χ1) is 8.65. The van der Waals surface area contributed by atoms with Crippen LogP contribution in [0.5, 0.6) is 5.75 Å². The van der Waals surface area contributed by atoms with E-state index < -0.39 is 0 Å². The number of nitrogens with two attached hydrogens (primary N) is 1. The molecule has 0 aliphatic carbocycles. The molecule has 0 saturated heterocycles. The van der Waals surface area contributed by atoms with Crippen LogP contribution in [0, 0.1) is 0 Å². The van der Waals surface area contributed by atoms with Gasteiger partial charge in [-0.05, 0) is 25.1 Å². The second-order valence-electron chi connectivity index (χ2n) is 3.92. The summed E-state index contributed by atoms with van der Waals surface area (Å²) < 4.78 is 5.19. The van der Waals surface area contributed by atoms with E-state index in [1.165, 1.54) is 0 Å². The molecule has 1 heterocycles. The summed E-state index contributed by atoms with van der Waals surface area (Å²) in [6.45, 7) is 1.97. The molecule has 0 spiro atoms. The molecule has 0 amide bonds. The number of hydrogen-bond donors (Lipinski definition) is 2. The number of nitrogens with zero attached hydrogens (tertiary/aromatic N) is 2. The lowest BCUT2D eigenvalue weighted by molar-refractivity contribution is 0.417. The van der Waals surface area contributed by atoms with Gasteiger partial charge in [0.1, 0.15) is 11.6 Å². The van der Waals surface area contributed by atoms with E-state index in [-0.39, 0.29) is 0 Å². The van der Waals surface area contributed by atoms with Crippen molar-refractivity contribution in [2.75, 3.05) is 19.9 Å². The fourth-order valence-electron chi connectivity index (χ4n) is 1.72. The third-order valence-corrected chi connectivity index (χ3v) is 2.64. The topological polar surface area (TPSA) is 72.0 Å². The standard InChI is InChI=1S/C13H16N4O/c1-8-7-11(16-8)17-13(15-2)9-5-4-6-10(18-3)12(9)14/h4-7H,14H2,1-3H3,(H,15,16,17). The fourth-order valence-corrected chi connectivity index (χ4v) is 1.72. The van der Waals surface area contributed by atoms with Crippen LogP contribution >= 0.6 is 0 Å². The molecule has 0 bridgehead atoms. The first-order valence-corrected chi connectivity index (χ1v) is 5.59. The van der Waals surface area contributed by atoms with E-state index in [1.54, 1.807) is 14.2 Å². The van der Waals surface area contributed by atoms with Gasteiger partial charge in [0.25, 0.3) is 0 Å². The van der Waals surface area contributed by atoms with Crippen LogP contribution in [0.25, 0.3) is 0 Å². The normalized spacial score (nSPS) is 16.9. The second kappa shape index (κ2) is 4.91. The molecule has 0 unspecified atom stereocenters. The molecule has 5 nitrogen and oxygen atoms in total. The third kappa shape index (κ3) is 2.20. The molecule has 0 atom stereocenters. The van der Waals surface area contributed by atoms with E-state index in [0.29, 0.717) is 17.3 Å². The average Bonchev–Trinajstić information content (AvgIpc) is 2.34. The number of amidine groups is 2. The summed E-state index contributed by atoms with van der Waals surface area (Å²) in [6, 6.07) is 5.55. The zero-order valence-corrected chi connectivity index (χ0v) is 10.7. The predicted octanol–water partition coefficient (Wildman–Crippen LogP) is 1.56. The minimum Gasteiger partial charge on any atom is -0.495 e. The largest absolute Gasteiger partial charge is 0.495 e. The second-order valence-corrected chi connectivity index (χ2v) is 3.92. The molecule has 1 aliphatic heterocycles. The number of aliphatic imine (C=N–C) groups is 2. The number of anilines is 1. The van der Waals surface area contributed by atoms with Gasteiger partial charge in [-0.3, -0.25) is 4.99 Å². The molecule has 3 N–H and O–H groups in total. The highest BCUT2D eigenvalue weighted by Crippen LogP contribution is 2.25. The van der Waals surface area contributed by atoms with Crippen molar-refractivity contribution in [2.24, 2.45) is 9.98 Å². The highest BCUT2D eigenvalue weighted by Gasteiger charge is 2.13. The van der Waals surface area contributed by atoms with Gasteiger partial charge in [-0.25, -0.2) is 4.99 Å². The zero-order chi connectivity index (χ0) is 13.1. The van der Waals surface area contributed by atoms with Crippen LogP contribution in [-0.4, -0.2) is 25.8 Å². The maximum atomic E-state index is 6.02. The van der Waals surface area contributed by atoms with Crippen molar-refractivity contribution in [3.8, 4) is 5.75 Å². The molecule has 0 aromatic heterocycles. The van der Waals surface area contributed by atoms with Crippen molar-refractivity contribution in [3.63, 3.8) is 0 Å². The SMILES string of the molecule is CN=C(N=C1C=C(C)N1)c1cccc(OC)c1N. The Bertz CT molecular complexity index is 558. The molecule has 1 aromatic carbocycles. The molecule has 1 aliphatic rings. The van der Waals surface area contributed by atoms with Gasteiger partial charge in [-0.15, -0.1) is 0 Å². The number of nitrogen functional groups attached to an aromatic ring is 1. The Labute approximate surface area is 106 Å². The van der Waals surface area contributed by atoms with Gasteiger partial charge < -0.3 is 15.8 Å². The first kappa shape index (κ1) is 12.2. The molecule has 0 fully saturated rings. The first-order valence-electron chi connectivity index (χ1n) is 5.59. The summed E-state index contributed by atoms with van der Waals surface area (Å²) in [5.74, 6) is 2.00. The van der Waals surface area contributed by atoms with Crippen molar-refractivity contribution in [3.05, 3.63) is 35.5 Å². The van der Waals surface area contributed by atoms with Crippen LogP contribution in [0.15, 0.2) is 40.0 Å². The van der Waals surface area contributed by atoms with E-state index >= 15 is 0 Å². The molecular weight excluding hydrogens is 228 g/mol. The molecule has 2 rings (SSSR count). The van der Waals surface area contributed by atoms with E-state index in [9.17, 15) is 0 Å². The van der Waals surface area contributed by atoms with Crippen LogP contribution < -0.4 is 15.8 Å². The third-order valence-electron chi connectivity index (χ3n) is 2.64. The minimum absolute atomic E-state index is 0.546. The average molecular weight is 244 g/mol. The molecular formula is C13H16N4O. The number of rotatable bonds is 2. The van der Waals surface area contributed by atoms with Crippen molar-refractivity contribution in [2.45, 2.75) is 6.92 Å². The molecule has 0 saturated carbocycles. The lowest BCUT2D eigenvalue weighted by Gasteiger charge is -2.17. The Morgan fingerprint density at radius 3 is 2.67 bits per heavy atom. The number of para-hydroxylation sites is 1. The lowest BCUT2D eigenvalue weighted by Crippen LogP contribution is -2.30. The van der Waals surface area contributed by atoms with E-state index in [2.05, 4.69) is 15.3 Å². The van der Waals surface area contributed by atoms with Crippen LogP contribution in [0.4, 0.5) is 5.69 Å². The Balaban J connectivity index is 2.38. The predicted molar refractivity (Wildman–Crippen MR) is 74.2 cm³/mol. The van der Waals surface area contributed by atoms with Crippen LogP contribution in [0.1, 0.15) is 12.5 Å². The molecule has 0 radical (unpaired) electrons. The van der Waals surface area contributed by atoms with Crippen molar-refractivity contribution < 1.29 is 4.74 Å². The number of allylic oxidation sites excluding steroid dienone is 1. The summed E-state index contributed by atoms with van der Waals surface area (Å²) in [5, 5.41) is 3.08. The molecule has 18 heavy (non-hydrogen) atoms. The summed E-state index contributed by atoms with van der Waals surface area (Å²) in [5.41, 5.74) is 8.42. The smallest absolute Gasteiger partial charge is 0.158 e. The quantitative estimate of drug-likeness (QED) is 0.471. The number of nitrogens with one attached hydrogen (secondary N) is 1. The van der Waals surface area contributed by atoms with Crippen LogP contribution in [-0.2, 0) is 0 Å². The van der Waals surface area contributed by atoms with Gasteiger partial charge in [0, 0.05) is 18.3 Å². The van der Waals surface area contributed by atoms with Crippen molar-refractivity contribution >= 4 is 17.4 Å². The highest BCUT2D eigenvalue weighted by molar-refractivity contribution is 6.14. The maximum Gasteiger partial charge on any atom is 0.158 e. The summed E-state index contributed by atoms with van der Waals surface area (Å²) in [6.07, 6.45) is 1.95. The van der Waals surface area contributed by atoms with Crippen LogP contribution in [0.2, 0.25) is 0 Å². The zero-order valence-electron chi connectivity index (χ0n) is 10.7. The summed E-state index contributed by atoms with van der Waals surface area (Å²) in [7, 11) is 3.28. The summed E-state index contributed by atoms with van der Waals surface area (Å²) in [4.78, 5) is 8.57. The number of hydrogen-bond acceptors (Lipinski definition) is 3. The van der Waals surface area contributed by atoms with Crippen molar-refractivity contribution in [1.29, 1.82) is 0 Å². The fraction of sp³-hybridized carbons (Fsp3) is 0.231. The monoisotopic (exact) mass is 244 g/mol. The van der Waals surface area contributed by atoms with Gasteiger partial charge >= 0.3 is 0 Å². The van der Waals surface area contributed by atoms with Crippen LogP contribution in [0.3, 0.4) is 0 Å². The number of ether oxygens (including phenoxy) is 1. The maximum absolute atomic E-state index is 6.02. The Kier molecular flexibility index (Phi) is 3.32. The van der Waals surface area contributed by atoms with Gasteiger partial charge in [0.2, 0.25) is 0 Å². The Morgan fingerprint density at radius 2 is 2.11 bits per heavy atom. The van der Waals surface area contributed by atoms with Gasteiger partial charge in [0.15, 0.2) is 5.84 Å². The molecule has 94 valence electrons. The van der Waals surface area contributed by atoms with E-state index in [0.717, 1.165) is 17.1 Å². The lowest BCUT2D eigenvalue weighted by atomic mass is 10.1. The van der Waals surface area contributed by atoms with Gasteiger partial charge in [-0.2, -0.15) is 0 Å².